The van der Waals surface area contributed by atoms with Crippen molar-refractivity contribution in [2.75, 3.05) is 19.6 Å². The van der Waals surface area contributed by atoms with Gasteiger partial charge in [0.15, 0.2) is 0 Å². The molecule has 2 fully saturated rings. The third-order valence-corrected chi connectivity index (χ3v) is 6.74. The van der Waals surface area contributed by atoms with Crippen molar-refractivity contribution in [3.8, 4) is 11.3 Å². The van der Waals surface area contributed by atoms with Crippen molar-refractivity contribution in [1.82, 2.24) is 9.80 Å². The first-order chi connectivity index (χ1) is 15.8. The minimum Gasteiger partial charge on any atom is -0.478 e. The zero-order valence-electron chi connectivity index (χ0n) is 17.6. The number of halogens is 1. The molecule has 3 heterocycles. The summed E-state index contributed by atoms with van der Waals surface area (Å²) in [6.45, 7) is 1.02. The number of nitrogens with zero attached hydrogens (tertiary/aromatic N) is 2. The molecule has 0 unspecified atom stereocenters. The smallest absolute Gasteiger partial charge is 0.337 e. The van der Waals surface area contributed by atoms with Gasteiger partial charge < -0.3 is 14.4 Å². The number of furan rings is 1. The zero-order chi connectivity index (χ0) is 23.5. The molecule has 10 heteroatoms. The summed E-state index contributed by atoms with van der Waals surface area (Å²) in [7, 11) is 0. The lowest BCUT2D eigenvalue weighted by Gasteiger charge is -2.22. The van der Waals surface area contributed by atoms with E-state index in [1.807, 2.05) is 0 Å². The highest BCUT2D eigenvalue weighted by Gasteiger charge is 2.37. The Hall–Kier alpha value is -3.04. The van der Waals surface area contributed by atoms with Crippen molar-refractivity contribution >= 4 is 52.5 Å². The normalized spacial score (nSPS) is 18.2. The van der Waals surface area contributed by atoms with Gasteiger partial charge in [-0.25, -0.2) is 4.79 Å². The first kappa shape index (κ1) is 23.1. The fraction of sp³-hybridized carbons (Fsp3) is 0.304. The highest BCUT2D eigenvalue weighted by Crippen LogP contribution is 2.34. The molecule has 0 aliphatic carbocycles. The zero-order valence-corrected chi connectivity index (χ0v) is 19.2. The van der Waals surface area contributed by atoms with Crippen LogP contribution in [0, 0.1) is 0 Å². The maximum absolute atomic E-state index is 12.8. The summed E-state index contributed by atoms with van der Waals surface area (Å²) in [5.74, 6) is -1.21. The minimum absolute atomic E-state index is 0.0534. The number of aromatic carboxylic acids is 1. The van der Waals surface area contributed by atoms with E-state index >= 15 is 0 Å². The van der Waals surface area contributed by atoms with E-state index in [0.29, 0.717) is 30.2 Å². The van der Waals surface area contributed by atoms with E-state index < -0.39 is 17.1 Å². The number of carbonyl (C=O) groups excluding carboxylic acids is 3. The van der Waals surface area contributed by atoms with Crippen LogP contribution >= 0.6 is 23.4 Å². The Balaban J connectivity index is 1.48. The Bertz CT molecular complexity index is 1150. The number of carboxylic acid groups (broad SMARTS) is 1. The Morgan fingerprint density at radius 2 is 1.82 bits per heavy atom. The lowest BCUT2D eigenvalue weighted by molar-refractivity contribution is -0.135. The van der Waals surface area contributed by atoms with E-state index in [4.69, 9.17) is 16.0 Å². The van der Waals surface area contributed by atoms with Gasteiger partial charge in [0, 0.05) is 24.7 Å². The van der Waals surface area contributed by atoms with E-state index in [0.717, 1.165) is 42.3 Å². The Morgan fingerprint density at radius 1 is 1.09 bits per heavy atom. The maximum Gasteiger partial charge on any atom is 0.337 e. The molecule has 0 atom stereocenters. The molecule has 172 valence electrons. The first-order valence-electron chi connectivity index (χ1n) is 10.5. The van der Waals surface area contributed by atoms with Crippen LogP contribution in [0.2, 0.25) is 5.02 Å². The summed E-state index contributed by atoms with van der Waals surface area (Å²) in [6, 6.07) is 7.74. The second-order valence-electron chi connectivity index (χ2n) is 7.76. The van der Waals surface area contributed by atoms with Gasteiger partial charge in [0.25, 0.3) is 11.1 Å². The van der Waals surface area contributed by atoms with Crippen molar-refractivity contribution in [2.45, 2.75) is 25.7 Å². The Morgan fingerprint density at radius 3 is 2.52 bits per heavy atom. The number of hydrogen-bond acceptors (Lipinski definition) is 6. The van der Waals surface area contributed by atoms with Gasteiger partial charge in [-0.15, -0.1) is 0 Å². The van der Waals surface area contributed by atoms with Gasteiger partial charge in [0.2, 0.25) is 5.91 Å². The maximum atomic E-state index is 12.8. The molecule has 4 rings (SSSR count). The number of carboxylic acids is 1. The van der Waals surface area contributed by atoms with Crippen molar-refractivity contribution in [3.63, 3.8) is 0 Å². The standard InChI is InChI=1S/C23H21ClN2O6S/c24-17-7-5-14(11-16(17)22(29)30)18-8-6-15(32-18)12-19-21(28)26(23(31)33-19)13-20(27)25-9-3-1-2-4-10-25/h5-8,11-12H,1-4,9-10,13H2,(H,29,30). The number of benzene rings is 1. The van der Waals surface area contributed by atoms with Crippen LogP contribution < -0.4 is 0 Å². The quantitative estimate of drug-likeness (QED) is 0.605. The van der Waals surface area contributed by atoms with Crippen LogP contribution in [0.4, 0.5) is 4.79 Å². The average Bonchev–Trinajstić information content (AvgIpc) is 3.21. The summed E-state index contributed by atoms with van der Waals surface area (Å²) >= 11 is 6.66. The van der Waals surface area contributed by atoms with Crippen molar-refractivity contribution < 1.29 is 28.7 Å². The molecule has 1 N–H and O–H groups in total. The van der Waals surface area contributed by atoms with Crippen LogP contribution in [0.25, 0.3) is 17.4 Å². The second kappa shape index (κ2) is 9.84. The molecule has 0 saturated carbocycles. The molecule has 0 radical (unpaired) electrons. The topological polar surface area (TPSA) is 108 Å². The lowest BCUT2D eigenvalue weighted by atomic mass is 10.1. The van der Waals surface area contributed by atoms with Gasteiger partial charge >= 0.3 is 5.97 Å². The molecule has 33 heavy (non-hydrogen) atoms. The third kappa shape index (κ3) is 5.15. The van der Waals surface area contributed by atoms with E-state index in [-0.39, 0.29) is 27.9 Å². The molecule has 8 nitrogen and oxygen atoms in total. The fourth-order valence-electron chi connectivity index (χ4n) is 3.75. The molecule has 1 aromatic carbocycles. The van der Waals surface area contributed by atoms with Gasteiger partial charge in [0.05, 0.1) is 15.5 Å². The van der Waals surface area contributed by atoms with Gasteiger partial charge in [-0.05, 0) is 54.9 Å². The predicted octanol–water partition coefficient (Wildman–Crippen LogP) is 4.74. The highest BCUT2D eigenvalue weighted by atomic mass is 35.5. The summed E-state index contributed by atoms with van der Waals surface area (Å²) in [5, 5.41) is 8.86. The number of carbonyl (C=O) groups is 4. The molecular weight excluding hydrogens is 468 g/mol. The number of thioether (sulfide) groups is 1. The second-order valence-corrected chi connectivity index (χ2v) is 9.17. The largest absolute Gasteiger partial charge is 0.478 e. The van der Waals surface area contributed by atoms with Crippen LogP contribution in [-0.4, -0.2) is 57.6 Å². The molecule has 3 amide bonds. The molecule has 2 aliphatic rings. The van der Waals surface area contributed by atoms with E-state index in [1.54, 1.807) is 23.1 Å². The number of amides is 3. The van der Waals surface area contributed by atoms with Gasteiger partial charge in [-0.1, -0.05) is 24.4 Å². The molecule has 2 aliphatic heterocycles. The summed E-state index contributed by atoms with van der Waals surface area (Å²) in [6.07, 6.45) is 5.45. The highest BCUT2D eigenvalue weighted by molar-refractivity contribution is 8.18. The van der Waals surface area contributed by atoms with Crippen molar-refractivity contribution in [3.05, 3.63) is 51.6 Å². The van der Waals surface area contributed by atoms with Gasteiger partial charge in [0.1, 0.15) is 18.1 Å². The summed E-state index contributed by atoms with van der Waals surface area (Å²) in [5.41, 5.74) is 0.454. The first-order valence-corrected chi connectivity index (χ1v) is 11.7. The number of imide groups is 1. The van der Waals surface area contributed by atoms with Crippen LogP contribution in [-0.2, 0) is 9.59 Å². The molecule has 2 aromatic rings. The number of likely N-dealkylation sites (tertiary alicyclic amines) is 1. The SMILES string of the molecule is O=C(O)c1cc(-c2ccc(C=C3SC(=O)N(CC(=O)N4CCCCCC4)C3=O)o2)ccc1Cl. The van der Waals surface area contributed by atoms with Gasteiger partial charge in [-0.3, -0.25) is 19.3 Å². The molecular formula is C23H21ClN2O6S. The lowest BCUT2D eigenvalue weighted by Crippen LogP contribution is -2.42. The van der Waals surface area contributed by atoms with Crippen LogP contribution in [0.5, 0.6) is 0 Å². The van der Waals surface area contributed by atoms with Crippen LogP contribution in [0.3, 0.4) is 0 Å². The van der Waals surface area contributed by atoms with Crippen LogP contribution in [0.1, 0.15) is 41.8 Å². The van der Waals surface area contributed by atoms with Crippen LogP contribution in [0.15, 0.2) is 39.7 Å². The third-order valence-electron chi connectivity index (χ3n) is 5.51. The molecule has 1 aromatic heterocycles. The number of rotatable bonds is 5. The monoisotopic (exact) mass is 488 g/mol. The summed E-state index contributed by atoms with van der Waals surface area (Å²) < 4.78 is 5.73. The fourth-order valence-corrected chi connectivity index (χ4v) is 4.77. The summed E-state index contributed by atoms with van der Waals surface area (Å²) in [4.78, 5) is 51.9. The van der Waals surface area contributed by atoms with Gasteiger partial charge in [-0.2, -0.15) is 0 Å². The minimum atomic E-state index is -1.16. The average molecular weight is 489 g/mol. The van der Waals surface area contributed by atoms with E-state index in [1.165, 1.54) is 18.2 Å². The van der Waals surface area contributed by atoms with Crippen molar-refractivity contribution in [2.24, 2.45) is 0 Å². The molecule has 0 spiro atoms. The molecule has 2 saturated heterocycles. The number of hydrogen-bond donors (Lipinski definition) is 1. The Labute approximate surface area is 199 Å². The van der Waals surface area contributed by atoms with E-state index in [2.05, 4.69) is 0 Å². The van der Waals surface area contributed by atoms with Crippen molar-refractivity contribution in [1.29, 1.82) is 0 Å². The Kier molecular flexibility index (Phi) is 6.90. The predicted molar refractivity (Wildman–Crippen MR) is 124 cm³/mol. The van der Waals surface area contributed by atoms with E-state index in [9.17, 15) is 24.3 Å². The molecule has 0 bridgehead atoms.